The van der Waals surface area contributed by atoms with Crippen molar-refractivity contribution in [2.24, 2.45) is 5.41 Å². The number of benzene rings is 1. The zero-order valence-electron chi connectivity index (χ0n) is 10.6. The molecule has 0 aliphatic carbocycles. The van der Waals surface area contributed by atoms with Gasteiger partial charge in [0.15, 0.2) is 5.41 Å². The lowest BCUT2D eigenvalue weighted by Gasteiger charge is -2.21. The largest absolute Gasteiger partial charge is 0.497 e. The molecule has 1 N–H and O–H groups in total. The van der Waals surface area contributed by atoms with E-state index in [1.165, 1.54) is 21.1 Å². The van der Waals surface area contributed by atoms with E-state index in [-0.39, 0.29) is 6.42 Å². The molecule has 1 aromatic rings. The molecule has 1 aromatic carbocycles. The van der Waals surface area contributed by atoms with Gasteiger partial charge in [0.1, 0.15) is 5.75 Å². The fraction of sp³-hybridized carbons (Fsp3) is 0.385. The lowest BCUT2D eigenvalue weighted by Crippen LogP contribution is -2.39. The molecule has 0 spiro atoms. The minimum absolute atomic E-state index is 0.0478. The maximum atomic E-state index is 11.6. The molecule has 5 heteroatoms. The van der Waals surface area contributed by atoms with Gasteiger partial charge >= 0.3 is 11.9 Å². The van der Waals surface area contributed by atoms with Gasteiger partial charge < -0.3 is 14.6 Å². The number of carbonyl (C=O) groups is 2. The SMILES string of the molecule is COC(=O)C(C)(Cc1cccc(OC)c1)C(=O)O. The number of esters is 1. The standard InChI is InChI=1S/C13H16O5/c1-13(11(14)15,12(16)18-3)8-9-5-4-6-10(7-9)17-2/h4-7H,8H2,1-3H3,(H,14,15). The Balaban J connectivity index is 3.03. The second-order valence-electron chi connectivity index (χ2n) is 4.16. The lowest BCUT2D eigenvalue weighted by molar-refractivity contribution is -0.165. The molecule has 98 valence electrons. The van der Waals surface area contributed by atoms with Crippen LogP contribution >= 0.6 is 0 Å². The van der Waals surface area contributed by atoms with Crippen LogP contribution in [0.15, 0.2) is 24.3 Å². The van der Waals surface area contributed by atoms with Crippen molar-refractivity contribution < 1.29 is 24.2 Å². The third-order valence-corrected chi connectivity index (χ3v) is 2.80. The van der Waals surface area contributed by atoms with Gasteiger partial charge in [0.2, 0.25) is 0 Å². The molecule has 0 saturated heterocycles. The molecule has 0 heterocycles. The molecular formula is C13H16O5. The molecule has 0 fully saturated rings. The number of carboxylic acids is 1. The third kappa shape index (κ3) is 2.80. The summed E-state index contributed by atoms with van der Waals surface area (Å²) in [6, 6.07) is 6.93. The van der Waals surface area contributed by atoms with Crippen molar-refractivity contribution in [1.82, 2.24) is 0 Å². The van der Waals surface area contributed by atoms with Gasteiger partial charge in [0.25, 0.3) is 0 Å². The normalized spacial score (nSPS) is 13.5. The summed E-state index contributed by atoms with van der Waals surface area (Å²) < 4.78 is 9.61. The number of carbonyl (C=O) groups excluding carboxylic acids is 1. The first-order valence-electron chi connectivity index (χ1n) is 5.39. The molecular weight excluding hydrogens is 236 g/mol. The Labute approximate surface area is 105 Å². The van der Waals surface area contributed by atoms with Crippen molar-refractivity contribution in [2.75, 3.05) is 14.2 Å². The Morgan fingerprint density at radius 1 is 1.33 bits per heavy atom. The maximum Gasteiger partial charge on any atom is 0.323 e. The van der Waals surface area contributed by atoms with Crippen LogP contribution in [-0.2, 0) is 20.7 Å². The third-order valence-electron chi connectivity index (χ3n) is 2.80. The maximum absolute atomic E-state index is 11.6. The van der Waals surface area contributed by atoms with E-state index in [2.05, 4.69) is 4.74 Å². The number of aliphatic carboxylic acids is 1. The molecule has 0 aromatic heterocycles. The van der Waals surface area contributed by atoms with Gasteiger partial charge in [-0.05, 0) is 31.0 Å². The van der Waals surface area contributed by atoms with E-state index in [9.17, 15) is 14.7 Å². The first-order valence-corrected chi connectivity index (χ1v) is 5.39. The molecule has 0 amide bonds. The van der Waals surface area contributed by atoms with Crippen LogP contribution in [0.3, 0.4) is 0 Å². The average Bonchev–Trinajstić information content (AvgIpc) is 2.37. The summed E-state index contributed by atoms with van der Waals surface area (Å²) in [4.78, 5) is 22.8. The van der Waals surface area contributed by atoms with Crippen molar-refractivity contribution in [3.63, 3.8) is 0 Å². The summed E-state index contributed by atoms with van der Waals surface area (Å²) in [5, 5.41) is 9.19. The lowest BCUT2D eigenvalue weighted by atomic mass is 9.83. The number of hydrogen-bond donors (Lipinski definition) is 1. The van der Waals surface area contributed by atoms with Crippen LogP contribution in [0.2, 0.25) is 0 Å². The molecule has 0 radical (unpaired) electrons. The van der Waals surface area contributed by atoms with Crippen LogP contribution in [-0.4, -0.2) is 31.3 Å². The topological polar surface area (TPSA) is 72.8 Å². The Morgan fingerprint density at radius 2 is 2.00 bits per heavy atom. The van der Waals surface area contributed by atoms with Crippen LogP contribution < -0.4 is 4.74 Å². The molecule has 1 atom stereocenters. The predicted octanol–water partition coefficient (Wildman–Crippen LogP) is 1.50. The Kier molecular flexibility index (Phi) is 4.31. The minimum atomic E-state index is -1.60. The van der Waals surface area contributed by atoms with Crippen LogP contribution in [0.25, 0.3) is 0 Å². The Morgan fingerprint density at radius 3 is 2.50 bits per heavy atom. The molecule has 1 unspecified atom stereocenters. The summed E-state index contributed by atoms with van der Waals surface area (Å²) in [7, 11) is 2.70. The molecule has 5 nitrogen and oxygen atoms in total. The molecule has 18 heavy (non-hydrogen) atoms. The summed E-state index contributed by atoms with van der Waals surface area (Å²) in [5.41, 5.74) is -0.897. The number of ether oxygens (including phenoxy) is 2. The summed E-state index contributed by atoms with van der Waals surface area (Å²) in [5.74, 6) is -1.36. The van der Waals surface area contributed by atoms with Crippen LogP contribution in [0, 0.1) is 5.41 Å². The van der Waals surface area contributed by atoms with E-state index in [1.807, 2.05) is 0 Å². The summed E-state index contributed by atoms with van der Waals surface area (Å²) in [6.07, 6.45) is 0.0478. The minimum Gasteiger partial charge on any atom is -0.497 e. The van der Waals surface area contributed by atoms with E-state index in [0.29, 0.717) is 11.3 Å². The fourth-order valence-electron chi connectivity index (χ4n) is 1.65. The van der Waals surface area contributed by atoms with Gasteiger partial charge in [-0.3, -0.25) is 9.59 Å². The van der Waals surface area contributed by atoms with E-state index in [4.69, 9.17) is 4.74 Å². The molecule has 0 aliphatic heterocycles. The summed E-state index contributed by atoms with van der Waals surface area (Å²) in [6.45, 7) is 1.35. The van der Waals surface area contributed by atoms with Crippen molar-refractivity contribution in [3.8, 4) is 5.75 Å². The van der Waals surface area contributed by atoms with E-state index < -0.39 is 17.4 Å². The number of methoxy groups -OCH3 is 2. The zero-order valence-corrected chi connectivity index (χ0v) is 10.6. The average molecular weight is 252 g/mol. The quantitative estimate of drug-likeness (QED) is 0.635. The summed E-state index contributed by atoms with van der Waals surface area (Å²) >= 11 is 0. The van der Waals surface area contributed by atoms with Crippen LogP contribution in [0.4, 0.5) is 0 Å². The highest BCUT2D eigenvalue weighted by Crippen LogP contribution is 2.26. The van der Waals surface area contributed by atoms with Crippen LogP contribution in [0.5, 0.6) is 5.75 Å². The van der Waals surface area contributed by atoms with E-state index in [1.54, 1.807) is 24.3 Å². The number of hydrogen-bond acceptors (Lipinski definition) is 4. The Hall–Kier alpha value is -2.04. The highest BCUT2D eigenvalue weighted by Gasteiger charge is 2.42. The zero-order chi connectivity index (χ0) is 13.8. The van der Waals surface area contributed by atoms with Crippen LogP contribution in [0.1, 0.15) is 12.5 Å². The van der Waals surface area contributed by atoms with Crippen molar-refractivity contribution in [2.45, 2.75) is 13.3 Å². The number of rotatable bonds is 5. The first-order chi connectivity index (χ1) is 8.43. The second kappa shape index (κ2) is 5.53. The van der Waals surface area contributed by atoms with Crippen molar-refractivity contribution >= 4 is 11.9 Å². The van der Waals surface area contributed by atoms with Gasteiger partial charge in [0.05, 0.1) is 14.2 Å². The van der Waals surface area contributed by atoms with Gasteiger partial charge in [-0.15, -0.1) is 0 Å². The van der Waals surface area contributed by atoms with Gasteiger partial charge in [-0.2, -0.15) is 0 Å². The molecule has 0 bridgehead atoms. The molecule has 0 aliphatic rings. The van der Waals surface area contributed by atoms with Crippen molar-refractivity contribution in [1.29, 1.82) is 0 Å². The smallest absolute Gasteiger partial charge is 0.323 e. The fourth-order valence-corrected chi connectivity index (χ4v) is 1.65. The van der Waals surface area contributed by atoms with Gasteiger partial charge in [-0.1, -0.05) is 12.1 Å². The van der Waals surface area contributed by atoms with Crippen molar-refractivity contribution in [3.05, 3.63) is 29.8 Å². The molecule has 1 rings (SSSR count). The second-order valence-corrected chi connectivity index (χ2v) is 4.16. The highest BCUT2D eigenvalue weighted by molar-refractivity contribution is 5.98. The first kappa shape index (κ1) is 14.0. The van der Waals surface area contributed by atoms with Gasteiger partial charge in [0, 0.05) is 0 Å². The molecule has 0 saturated carbocycles. The predicted molar refractivity (Wildman–Crippen MR) is 64.5 cm³/mol. The highest BCUT2D eigenvalue weighted by atomic mass is 16.5. The Bertz CT molecular complexity index is 454. The van der Waals surface area contributed by atoms with Gasteiger partial charge in [-0.25, -0.2) is 0 Å². The number of carboxylic acid groups (broad SMARTS) is 1. The van der Waals surface area contributed by atoms with E-state index >= 15 is 0 Å². The monoisotopic (exact) mass is 252 g/mol. The van der Waals surface area contributed by atoms with E-state index in [0.717, 1.165) is 0 Å².